The summed E-state index contributed by atoms with van der Waals surface area (Å²) in [5, 5.41) is 0. The van der Waals surface area contributed by atoms with Gasteiger partial charge in [0.05, 0.1) is 0 Å². The van der Waals surface area contributed by atoms with Gasteiger partial charge >= 0.3 is 0 Å². The number of hydrogen-bond donors (Lipinski definition) is 0. The average molecular weight is 122 g/mol. The predicted molar refractivity (Wildman–Crippen MR) is 41.2 cm³/mol. The Morgan fingerprint density at radius 1 is 1.67 bits per heavy atom. The van der Waals surface area contributed by atoms with Crippen LogP contribution in [0.5, 0.6) is 0 Å². The predicted octanol–water partition coefficient (Wildman–Crippen LogP) is 2.77. The lowest BCUT2D eigenvalue weighted by Crippen LogP contribution is -2.03. The number of rotatable bonds is 1. The van der Waals surface area contributed by atoms with E-state index >= 15 is 0 Å². The van der Waals surface area contributed by atoms with Gasteiger partial charge in [-0.15, -0.1) is 0 Å². The fourth-order valence-corrected chi connectivity index (χ4v) is 1.33. The Morgan fingerprint density at radius 2 is 2.33 bits per heavy atom. The van der Waals surface area contributed by atoms with E-state index in [1.54, 1.807) is 0 Å². The first-order chi connectivity index (χ1) is 4.22. The van der Waals surface area contributed by atoms with Gasteiger partial charge in [0.25, 0.3) is 0 Å². The first-order valence-electron chi connectivity index (χ1n) is 3.56. The van der Waals surface area contributed by atoms with E-state index in [0.717, 1.165) is 12.3 Å². The fourth-order valence-electron chi connectivity index (χ4n) is 1.33. The van der Waals surface area contributed by atoms with Crippen molar-refractivity contribution in [1.29, 1.82) is 0 Å². The molecule has 0 spiro atoms. The standard InChI is InChI=1S/C9H14/c1-7(2)9-6-4-5-8(9)3/h4,6-7,9H,3,5H2,1-2H3. The fraction of sp³-hybridized carbons (Fsp3) is 0.556. The summed E-state index contributed by atoms with van der Waals surface area (Å²) in [4.78, 5) is 0. The van der Waals surface area contributed by atoms with Crippen molar-refractivity contribution < 1.29 is 0 Å². The number of hydrogen-bond acceptors (Lipinski definition) is 0. The molecule has 1 rings (SSSR count). The Labute approximate surface area is 57.3 Å². The van der Waals surface area contributed by atoms with Crippen LogP contribution >= 0.6 is 0 Å². The number of allylic oxidation sites excluding steroid dienone is 3. The summed E-state index contributed by atoms with van der Waals surface area (Å²) >= 11 is 0. The van der Waals surface area contributed by atoms with E-state index in [-0.39, 0.29) is 0 Å². The van der Waals surface area contributed by atoms with Crippen molar-refractivity contribution in [2.24, 2.45) is 11.8 Å². The summed E-state index contributed by atoms with van der Waals surface area (Å²) in [6, 6.07) is 0. The molecule has 0 heterocycles. The van der Waals surface area contributed by atoms with Gasteiger partial charge in [0.2, 0.25) is 0 Å². The minimum Gasteiger partial charge on any atom is -0.0989 e. The maximum absolute atomic E-state index is 3.99. The molecule has 1 aliphatic carbocycles. The van der Waals surface area contributed by atoms with Crippen LogP contribution in [0.2, 0.25) is 0 Å². The third-order valence-electron chi connectivity index (χ3n) is 1.91. The second-order valence-corrected chi connectivity index (χ2v) is 3.06. The lowest BCUT2D eigenvalue weighted by molar-refractivity contribution is 0.534. The van der Waals surface area contributed by atoms with E-state index in [4.69, 9.17) is 0 Å². The van der Waals surface area contributed by atoms with E-state index in [1.807, 2.05) is 0 Å². The molecule has 1 atom stereocenters. The summed E-state index contributed by atoms with van der Waals surface area (Å²) in [5.41, 5.74) is 1.38. The normalized spacial score (nSPS) is 26.1. The van der Waals surface area contributed by atoms with Crippen LogP contribution in [-0.2, 0) is 0 Å². The Hall–Kier alpha value is -0.520. The van der Waals surface area contributed by atoms with Crippen molar-refractivity contribution in [3.63, 3.8) is 0 Å². The van der Waals surface area contributed by atoms with Gasteiger partial charge in [-0.2, -0.15) is 0 Å². The van der Waals surface area contributed by atoms with Gasteiger partial charge < -0.3 is 0 Å². The van der Waals surface area contributed by atoms with Crippen LogP contribution in [0.4, 0.5) is 0 Å². The summed E-state index contributed by atoms with van der Waals surface area (Å²) < 4.78 is 0. The van der Waals surface area contributed by atoms with Gasteiger partial charge in [0.15, 0.2) is 0 Å². The van der Waals surface area contributed by atoms with Gasteiger partial charge in [0, 0.05) is 5.92 Å². The van der Waals surface area contributed by atoms with E-state index in [9.17, 15) is 0 Å². The lowest BCUT2D eigenvalue weighted by Gasteiger charge is -2.13. The van der Waals surface area contributed by atoms with Gasteiger partial charge in [0.1, 0.15) is 0 Å². The van der Waals surface area contributed by atoms with Crippen LogP contribution in [0.3, 0.4) is 0 Å². The van der Waals surface area contributed by atoms with Gasteiger partial charge in [-0.1, -0.05) is 38.2 Å². The zero-order chi connectivity index (χ0) is 6.85. The van der Waals surface area contributed by atoms with Crippen LogP contribution in [0, 0.1) is 11.8 Å². The second kappa shape index (κ2) is 2.38. The zero-order valence-corrected chi connectivity index (χ0v) is 6.22. The first kappa shape index (κ1) is 6.60. The molecule has 0 aromatic carbocycles. The molecule has 0 amide bonds. The molecule has 50 valence electrons. The zero-order valence-electron chi connectivity index (χ0n) is 6.22. The monoisotopic (exact) mass is 122 g/mol. The molecule has 0 fully saturated rings. The van der Waals surface area contributed by atoms with Crippen molar-refractivity contribution in [3.05, 3.63) is 24.3 Å². The Morgan fingerprint density at radius 3 is 2.56 bits per heavy atom. The first-order valence-corrected chi connectivity index (χ1v) is 3.56. The Balaban J connectivity index is 2.59. The van der Waals surface area contributed by atoms with Crippen LogP contribution in [0.15, 0.2) is 24.3 Å². The van der Waals surface area contributed by atoms with E-state index in [2.05, 4.69) is 32.6 Å². The molecule has 0 aromatic heterocycles. The smallest absolute Gasteiger partial charge is 0.0000277 e. The third kappa shape index (κ3) is 1.24. The Bertz CT molecular complexity index is 140. The van der Waals surface area contributed by atoms with Crippen molar-refractivity contribution in [1.82, 2.24) is 0 Å². The SMILES string of the molecule is C=C1CC=CC1C(C)C. The molecular formula is C9H14. The molecule has 0 heteroatoms. The molecule has 0 bridgehead atoms. The summed E-state index contributed by atoms with van der Waals surface area (Å²) in [5.74, 6) is 1.39. The molecular weight excluding hydrogens is 108 g/mol. The minimum absolute atomic E-state index is 0.657. The lowest BCUT2D eigenvalue weighted by atomic mass is 9.92. The summed E-state index contributed by atoms with van der Waals surface area (Å²) in [6.07, 6.45) is 5.59. The van der Waals surface area contributed by atoms with Gasteiger partial charge in [-0.25, -0.2) is 0 Å². The third-order valence-corrected chi connectivity index (χ3v) is 1.91. The Kier molecular flexibility index (Phi) is 1.75. The van der Waals surface area contributed by atoms with Gasteiger partial charge in [-0.05, 0) is 12.3 Å². The maximum atomic E-state index is 3.99. The van der Waals surface area contributed by atoms with Crippen molar-refractivity contribution in [2.75, 3.05) is 0 Å². The van der Waals surface area contributed by atoms with Crippen LogP contribution < -0.4 is 0 Å². The molecule has 0 saturated carbocycles. The highest BCUT2D eigenvalue weighted by atomic mass is 14.2. The van der Waals surface area contributed by atoms with Gasteiger partial charge in [-0.3, -0.25) is 0 Å². The molecule has 0 nitrogen and oxygen atoms in total. The highest BCUT2D eigenvalue weighted by Gasteiger charge is 2.16. The topological polar surface area (TPSA) is 0 Å². The quantitative estimate of drug-likeness (QED) is 0.469. The molecule has 9 heavy (non-hydrogen) atoms. The van der Waals surface area contributed by atoms with Crippen molar-refractivity contribution in [3.8, 4) is 0 Å². The second-order valence-electron chi connectivity index (χ2n) is 3.06. The molecule has 0 N–H and O–H groups in total. The molecule has 1 aliphatic rings. The molecule has 0 aromatic rings. The van der Waals surface area contributed by atoms with E-state index in [1.165, 1.54) is 5.57 Å². The summed E-state index contributed by atoms with van der Waals surface area (Å²) in [7, 11) is 0. The molecule has 0 saturated heterocycles. The molecule has 0 radical (unpaired) electrons. The highest BCUT2D eigenvalue weighted by Crippen LogP contribution is 2.28. The van der Waals surface area contributed by atoms with Crippen molar-refractivity contribution >= 4 is 0 Å². The van der Waals surface area contributed by atoms with E-state index in [0.29, 0.717) is 5.92 Å². The van der Waals surface area contributed by atoms with Crippen LogP contribution in [0.25, 0.3) is 0 Å². The molecule has 0 aliphatic heterocycles. The largest absolute Gasteiger partial charge is 0.0989 e. The van der Waals surface area contributed by atoms with E-state index < -0.39 is 0 Å². The average Bonchev–Trinajstić information content (AvgIpc) is 2.13. The maximum Gasteiger partial charge on any atom is 0.0000277 e. The van der Waals surface area contributed by atoms with Crippen LogP contribution in [0.1, 0.15) is 20.3 Å². The van der Waals surface area contributed by atoms with Crippen molar-refractivity contribution in [2.45, 2.75) is 20.3 Å². The molecule has 1 unspecified atom stereocenters. The highest BCUT2D eigenvalue weighted by molar-refractivity contribution is 5.20. The summed E-state index contributed by atoms with van der Waals surface area (Å²) in [6.45, 7) is 8.48. The van der Waals surface area contributed by atoms with Crippen LogP contribution in [-0.4, -0.2) is 0 Å². The minimum atomic E-state index is 0.657.